The van der Waals surface area contributed by atoms with Crippen molar-refractivity contribution < 1.29 is 4.79 Å². The van der Waals surface area contributed by atoms with E-state index in [0.29, 0.717) is 5.92 Å². The molecule has 24 heavy (non-hydrogen) atoms. The Morgan fingerprint density at radius 3 is 2.54 bits per heavy atom. The number of benzene rings is 2. The van der Waals surface area contributed by atoms with E-state index in [-0.39, 0.29) is 11.2 Å². The van der Waals surface area contributed by atoms with Gasteiger partial charge in [-0.15, -0.1) is 11.3 Å². The van der Waals surface area contributed by atoms with Crippen LogP contribution in [0.25, 0.3) is 10.2 Å². The van der Waals surface area contributed by atoms with Crippen molar-refractivity contribution in [2.75, 3.05) is 5.32 Å². The Labute approximate surface area is 150 Å². The lowest BCUT2D eigenvalue weighted by atomic mass is 10.0. The Kier molecular flexibility index (Phi) is 5.21. The van der Waals surface area contributed by atoms with Crippen molar-refractivity contribution in [2.24, 2.45) is 0 Å². The Morgan fingerprint density at radius 1 is 1.08 bits per heavy atom. The van der Waals surface area contributed by atoms with E-state index in [1.165, 1.54) is 11.8 Å². The van der Waals surface area contributed by atoms with Gasteiger partial charge in [0, 0.05) is 5.69 Å². The van der Waals surface area contributed by atoms with Crippen LogP contribution in [0.2, 0.25) is 0 Å². The number of hydrogen-bond acceptors (Lipinski definition) is 4. The standard InChI is InChI=1S/C19H20N2OS2/c1-12(2)14-8-4-5-9-15(14)20-18(22)13(3)23-19-21-16-10-6-7-11-17(16)24-19/h4-13H,1-3H3,(H,20,22). The molecule has 1 aromatic heterocycles. The van der Waals surface area contributed by atoms with E-state index in [9.17, 15) is 4.79 Å². The molecule has 0 saturated carbocycles. The molecule has 0 saturated heterocycles. The molecule has 0 spiro atoms. The van der Waals surface area contributed by atoms with E-state index in [2.05, 4.69) is 36.3 Å². The zero-order valence-corrected chi connectivity index (χ0v) is 15.6. The van der Waals surface area contributed by atoms with Crippen LogP contribution in [0, 0.1) is 0 Å². The second-order valence-electron chi connectivity index (χ2n) is 5.94. The Hall–Kier alpha value is -1.85. The molecule has 0 aliphatic heterocycles. The summed E-state index contributed by atoms with van der Waals surface area (Å²) in [5.74, 6) is 0.376. The SMILES string of the molecule is CC(Sc1nc2ccccc2s1)C(=O)Nc1ccccc1C(C)C. The summed E-state index contributed by atoms with van der Waals surface area (Å²) in [7, 11) is 0. The fourth-order valence-corrected chi connectivity index (χ4v) is 4.67. The summed E-state index contributed by atoms with van der Waals surface area (Å²) in [4.78, 5) is 17.1. The topological polar surface area (TPSA) is 42.0 Å². The largest absolute Gasteiger partial charge is 0.325 e. The van der Waals surface area contributed by atoms with Crippen molar-refractivity contribution in [2.45, 2.75) is 36.3 Å². The van der Waals surface area contributed by atoms with E-state index >= 15 is 0 Å². The van der Waals surface area contributed by atoms with E-state index < -0.39 is 0 Å². The van der Waals surface area contributed by atoms with Crippen LogP contribution in [0.4, 0.5) is 5.69 Å². The van der Waals surface area contributed by atoms with Crippen molar-refractivity contribution >= 4 is 44.9 Å². The maximum Gasteiger partial charge on any atom is 0.237 e. The predicted molar refractivity (Wildman–Crippen MR) is 104 cm³/mol. The molecule has 3 rings (SSSR count). The van der Waals surface area contributed by atoms with Gasteiger partial charge in [0.1, 0.15) is 0 Å². The summed E-state index contributed by atoms with van der Waals surface area (Å²) in [6, 6.07) is 16.0. The van der Waals surface area contributed by atoms with Gasteiger partial charge >= 0.3 is 0 Å². The minimum absolute atomic E-state index is 0.00681. The predicted octanol–water partition coefficient (Wildman–Crippen LogP) is 5.54. The number of thioether (sulfide) groups is 1. The number of fused-ring (bicyclic) bond motifs is 1. The lowest BCUT2D eigenvalue weighted by molar-refractivity contribution is -0.115. The zero-order chi connectivity index (χ0) is 17.1. The van der Waals surface area contributed by atoms with Crippen LogP contribution in [0.1, 0.15) is 32.3 Å². The number of rotatable bonds is 5. The van der Waals surface area contributed by atoms with Gasteiger partial charge in [-0.05, 0) is 36.6 Å². The van der Waals surface area contributed by atoms with E-state index in [1.807, 2.05) is 43.3 Å². The summed E-state index contributed by atoms with van der Waals surface area (Å²) in [6.07, 6.45) is 0. The van der Waals surface area contributed by atoms with Crippen molar-refractivity contribution in [3.05, 3.63) is 54.1 Å². The molecule has 2 aromatic carbocycles. The van der Waals surface area contributed by atoms with Gasteiger partial charge in [0.25, 0.3) is 0 Å². The molecule has 1 unspecified atom stereocenters. The normalized spacial score (nSPS) is 12.5. The molecule has 0 fully saturated rings. The lowest BCUT2D eigenvalue weighted by Gasteiger charge is -2.15. The molecule has 3 aromatic rings. The van der Waals surface area contributed by atoms with Crippen LogP contribution < -0.4 is 5.32 Å². The van der Waals surface area contributed by atoms with Crippen molar-refractivity contribution in [1.82, 2.24) is 4.98 Å². The Balaban J connectivity index is 1.71. The van der Waals surface area contributed by atoms with Crippen LogP contribution in [-0.2, 0) is 4.79 Å². The lowest BCUT2D eigenvalue weighted by Crippen LogP contribution is -2.23. The van der Waals surface area contributed by atoms with Crippen LogP contribution >= 0.6 is 23.1 Å². The summed E-state index contributed by atoms with van der Waals surface area (Å²) in [6.45, 7) is 6.18. The molecule has 0 radical (unpaired) electrons. The molecule has 5 heteroatoms. The average Bonchev–Trinajstić information content (AvgIpc) is 2.97. The summed E-state index contributed by atoms with van der Waals surface area (Å²) >= 11 is 3.14. The number of para-hydroxylation sites is 2. The molecule has 1 N–H and O–H groups in total. The van der Waals surface area contributed by atoms with E-state index in [0.717, 1.165) is 25.8 Å². The number of nitrogens with zero attached hydrogens (tertiary/aromatic N) is 1. The van der Waals surface area contributed by atoms with Crippen LogP contribution in [-0.4, -0.2) is 16.1 Å². The van der Waals surface area contributed by atoms with E-state index in [4.69, 9.17) is 0 Å². The van der Waals surface area contributed by atoms with Gasteiger partial charge in [-0.3, -0.25) is 4.79 Å². The van der Waals surface area contributed by atoms with Crippen molar-refractivity contribution in [3.63, 3.8) is 0 Å². The molecular weight excluding hydrogens is 336 g/mol. The molecule has 1 heterocycles. The summed E-state index contributed by atoms with van der Waals surface area (Å²) < 4.78 is 2.08. The van der Waals surface area contributed by atoms with Crippen LogP contribution in [0.3, 0.4) is 0 Å². The molecular formula is C19H20N2OS2. The first-order valence-electron chi connectivity index (χ1n) is 7.96. The molecule has 3 nitrogen and oxygen atoms in total. The second-order valence-corrected chi connectivity index (χ2v) is 8.56. The first-order valence-corrected chi connectivity index (χ1v) is 9.66. The Bertz CT molecular complexity index is 824. The van der Waals surface area contributed by atoms with Gasteiger partial charge < -0.3 is 5.32 Å². The smallest absolute Gasteiger partial charge is 0.237 e. The molecule has 0 aliphatic carbocycles. The number of carbonyl (C=O) groups excluding carboxylic acids is 1. The summed E-state index contributed by atoms with van der Waals surface area (Å²) in [5, 5.41) is 2.86. The number of hydrogen-bond donors (Lipinski definition) is 1. The molecule has 0 bridgehead atoms. The average molecular weight is 357 g/mol. The minimum Gasteiger partial charge on any atom is -0.325 e. The third-order valence-corrected chi connectivity index (χ3v) is 5.99. The number of thiazole rings is 1. The third kappa shape index (κ3) is 3.79. The van der Waals surface area contributed by atoms with Crippen LogP contribution in [0.15, 0.2) is 52.9 Å². The van der Waals surface area contributed by atoms with E-state index in [1.54, 1.807) is 11.3 Å². The maximum atomic E-state index is 12.6. The minimum atomic E-state index is -0.203. The van der Waals surface area contributed by atoms with Gasteiger partial charge in [-0.1, -0.05) is 55.9 Å². The number of anilines is 1. The zero-order valence-electron chi connectivity index (χ0n) is 13.9. The highest BCUT2D eigenvalue weighted by atomic mass is 32.2. The molecule has 124 valence electrons. The molecule has 1 atom stereocenters. The first-order chi connectivity index (χ1) is 11.5. The number of amides is 1. The number of nitrogens with one attached hydrogen (secondary N) is 1. The first kappa shape index (κ1) is 17.0. The maximum absolute atomic E-state index is 12.6. The van der Waals surface area contributed by atoms with Crippen molar-refractivity contribution in [3.8, 4) is 0 Å². The monoisotopic (exact) mass is 356 g/mol. The third-order valence-electron chi connectivity index (χ3n) is 3.76. The Morgan fingerprint density at radius 2 is 1.79 bits per heavy atom. The fourth-order valence-electron chi connectivity index (χ4n) is 2.45. The quantitative estimate of drug-likeness (QED) is 0.610. The molecule has 1 amide bonds. The number of carbonyl (C=O) groups is 1. The summed E-state index contributed by atoms with van der Waals surface area (Å²) in [5.41, 5.74) is 3.04. The van der Waals surface area contributed by atoms with Gasteiger partial charge in [0.05, 0.1) is 15.5 Å². The second kappa shape index (κ2) is 7.36. The van der Waals surface area contributed by atoms with Crippen molar-refractivity contribution in [1.29, 1.82) is 0 Å². The number of aromatic nitrogens is 1. The van der Waals surface area contributed by atoms with Gasteiger partial charge in [-0.2, -0.15) is 0 Å². The fraction of sp³-hybridized carbons (Fsp3) is 0.263. The van der Waals surface area contributed by atoms with Gasteiger partial charge in [0.15, 0.2) is 4.34 Å². The highest BCUT2D eigenvalue weighted by molar-refractivity contribution is 8.02. The van der Waals surface area contributed by atoms with Gasteiger partial charge in [0.2, 0.25) is 5.91 Å². The molecule has 0 aliphatic rings. The van der Waals surface area contributed by atoms with Gasteiger partial charge in [-0.25, -0.2) is 4.98 Å². The van der Waals surface area contributed by atoms with Crippen LogP contribution in [0.5, 0.6) is 0 Å². The highest BCUT2D eigenvalue weighted by Crippen LogP contribution is 2.32. The highest BCUT2D eigenvalue weighted by Gasteiger charge is 2.18.